The van der Waals surface area contributed by atoms with E-state index in [1.807, 2.05) is 0 Å². The average molecular weight is 353 g/mol. The molecule has 1 aromatic rings. The molecule has 0 aromatic heterocycles. The molecule has 0 bridgehead atoms. The van der Waals surface area contributed by atoms with Gasteiger partial charge in [0.2, 0.25) is 10.0 Å². The van der Waals surface area contributed by atoms with E-state index in [1.165, 1.54) is 12.1 Å². The first-order valence-corrected chi connectivity index (χ1v) is 9.14. The number of nitrogens with one attached hydrogen (secondary N) is 2. The number of sulfonamides is 1. The largest absolute Gasteiger partial charge is 0.316 e. The van der Waals surface area contributed by atoms with E-state index >= 15 is 0 Å². The van der Waals surface area contributed by atoms with E-state index in [9.17, 15) is 8.42 Å². The predicted octanol–water partition coefficient (Wildman–Crippen LogP) is 3.43. The van der Waals surface area contributed by atoms with Crippen LogP contribution in [-0.4, -0.2) is 22.0 Å². The summed E-state index contributed by atoms with van der Waals surface area (Å²) in [4.78, 5) is 0.0726. The SMILES string of the molecule is CNCc1cc(S(=O)(=O)NCCCC(C)C)c(Cl)cc1Cl. The second-order valence-corrected chi connectivity index (χ2v) is 7.89. The van der Waals surface area contributed by atoms with Crippen molar-refractivity contribution in [1.29, 1.82) is 0 Å². The predicted molar refractivity (Wildman–Crippen MR) is 88.5 cm³/mol. The molecule has 0 aliphatic rings. The van der Waals surface area contributed by atoms with Crippen molar-refractivity contribution in [2.24, 2.45) is 5.92 Å². The van der Waals surface area contributed by atoms with Crippen LogP contribution < -0.4 is 10.0 Å². The lowest BCUT2D eigenvalue weighted by atomic mass is 10.1. The summed E-state index contributed by atoms with van der Waals surface area (Å²) in [7, 11) is -1.85. The molecule has 0 fully saturated rings. The van der Waals surface area contributed by atoms with Gasteiger partial charge in [-0.05, 0) is 43.5 Å². The molecular formula is C14H22Cl2N2O2S. The van der Waals surface area contributed by atoms with Gasteiger partial charge in [0.15, 0.2) is 0 Å². The zero-order valence-electron chi connectivity index (χ0n) is 12.5. The van der Waals surface area contributed by atoms with Gasteiger partial charge in [-0.1, -0.05) is 37.0 Å². The minimum Gasteiger partial charge on any atom is -0.316 e. The maximum absolute atomic E-state index is 12.3. The zero-order valence-corrected chi connectivity index (χ0v) is 14.9. The molecule has 120 valence electrons. The molecule has 0 saturated carbocycles. The molecule has 0 amide bonds. The summed E-state index contributed by atoms with van der Waals surface area (Å²) in [6, 6.07) is 2.99. The van der Waals surface area contributed by atoms with Crippen LogP contribution in [-0.2, 0) is 16.6 Å². The van der Waals surface area contributed by atoms with Gasteiger partial charge >= 0.3 is 0 Å². The molecule has 7 heteroatoms. The molecule has 4 nitrogen and oxygen atoms in total. The van der Waals surface area contributed by atoms with Crippen molar-refractivity contribution in [2.45, 2.75) is 38.1 Å². The molecular weight excluding hydrogens is 331 g/mol. The summed E-state index contributed by atoms with van der Waals surface area (Å²) in [5.74, 6) is 0.552. The van der Waals surface area contributed by atoms with E-state index in [4.69, 9.17) is 23.2 Å². The molecule has 1 rings (SSSR count). The normalized spacial score (nSPS) is 12.1. The van der Waals surface area contributed by atoms with Gasteiger partial charge < -0.3 is 5.32 Å². The summed E-state index contributed by atoms with van der Waals surface area (Å²) in [5, 5.41) is 3.53. The van der Waals surface area contributed by atoms with Crippen LogP contribution in [0.15, 0.2) is 17.0 Å². The monoisotopic (exact) mass is 352 g/mol. The van der Waals surface area contributed by atoms with Gasteiger partial charge in [0.05, 0.1) is 5.02 Å². The van der Waals surface area contributed by atoms with Crippen molar-refractivity contribution in [3.63, 3.8) is 0 Å². The quantitative estimate of drug-likeness (QED) is 0.704. The highest BCUT2D eigenvalue weighted by atomic mass is 35.5. The highest BCUT2D eigenvalue weighted by molar-refractivity contribution is 7.89. The third-order valence-electron chi connectivity index (χ3n) is 3.01. The second-order valence-electron chi connectivity index (χ2n) is 5.34. The van der Waals surface area contributed by atoms with Crippen LogP contribution in [0.5, 0.6) is 0 Å². The third kappa shape index (κ3) is 5.75. The van der Waals surface area contributed by atoms with Crippen LogP contribution in [0.2, 0.25) is 10.0 Å². The summed E-state index contributed by atoms with van der Waals surface area (Å²) < 4.78 is 27.2. The minimum absolute atomic E-state index is 0.0726. The van der Waals surface area contributed by atoms with Crippen LogP contribution in [0, 0.1) is 5.92 Å². The van der Waals surface area contributed by atoms with Gasteiger partial charge in [-0.2, -0.15) is 0 Å². The highest BCUT2D eigenvalue weighted by Crippen LogP contribution is 2.28. The highest BCUT2D eigenvalue weighted by Gasteiger charge is 2.19. The van der Waals surface area contributed by atoms with Crippen LogP contribution in [0.1, 0.15) is 32.3 Å². The molecule has 0 aliphatic carbocycles. The number of rotatable bonds is 8. The summed E-state index contributed by atoms with van der Waals surface area (Å²) in [6.45, 7) is 5.09. The molecule has 0 aliphatic heterocycles. The van der Waals surface area contributed by atoms with Gasteiger partial charge in [0.25, 0.3) is 0 Å². The van der Waals surface area contributed by atoms with E-state index in [0.717, 1.165) is 12.8 Å². The average Bonchev–Trinajstić information content (AvgIpc) is 2.37. The Hall–Kier alpha value is -0.330. The molecule has 21 heavy (non-hydrogen) atoms. The van der Waals surface area contributed by atoms with E-state index in [-0.39, 0.29) is 9.92 Å². The first-order chi connectivity index (χ1) is 9.77. The Kier molecular flexibility index (Phi) is 7.44. The Balaban J connectivity index is 2.89. The van der Waals surface area contributed by atoms with E-state index in [0.29, 0.717) is 29.6 Å². The molecule has 2 N–H and O–H groups in total. The Labute approximate surface area is 137 Å². The lowest BCUT2D eigenvalue weighted by molar-refractivity contribution is 0.540. The Morgan fingerprint density at radius 2 is 1.86 bits per heavy atom. The molecule has 0 atom stereocenters. The van der Waals surface area contributed by atoms with Crippen molar-refractivity contribution in [2.75, 3.05) is 13.6 Å². The topological polar surface area (TPSA) is 58.2 Å². The Morgan fingerprint density at radius 3 is 2.43 bits per heavy atom. The second kappa shape index (κ2) is 8.34. The summed E-state index contributed by atoms with van der Waals surface area (Å²) >= 11 is 12.1. The number of halogens is 2. The van der Waals surface area contributed by atoms with E-state index in [2.05, 4.69) is 23.9 Å². The van der Waals surface area contributed by atoms with Crippen LogP contribution >= 0.6 is 23.2 Å². The molecule has 0 unspecified atom stereocenters. The van der Waals surface area contributed by atoms with E-state index in [1.54, 1.807) is 7.05 Å². The minimum atomic E-state index is -3.61. The van der Waals surface area contributed by atoms with Gasteiger partial charge in [0.1, 0.15) is 4.90 Å². The first-order valence-electron chi connectivity index (χ1n) is 6.90. The van der Waals surface area contributed by atoms with Crippen molar-refractivity contribution in [3.8, 4) is 0 Å². The fourth-order valence-corrected chi connectivity index (χ4v) is 3.83. The Morgan fingerprint density at radius 1 is 1.19 bits per heavy atom. The lowest BCUT2D eigenvalue weighted by Gasteiger charge is -2.12. The zero-order chi connectivity index (χ0) is 16.0. The fraction of sp³-hybridized carbons (Fsp3) is 0.571. The summed E-state index contributed by atoms with van der Waals surface area (Å²) in [6.07, 6.45) is 1.77. The lowest BCUT2D eigenvalue weighted by Crippen LogP contribution is -2.25. The molecule has 0 radical (unpaired) electrons. The van der Waals surface area contributed by atoms with Crippen molar-refractivity contribution < 1.29 is 8.42 Å². The van der Waals surface area contributed by atoms with E-state index < -0.39 is 10.0 Å². The molecule has 0 heterocycles. The van der Waals surface area contributed by atoms with Gasteiger partial charge in [-0.25, -0.2) is 13.1 Å². The van der Waals surface area contributed by atoms with Crippen molar-refractivity contribution in [1.82, 2.24) is 10.0 Å². The third-order valence-corrected chi connectivity index (χ3v) is 5.29. The fourth-order valence-electron chi connectivity index (χ4n) is 1.90. The number of hydrogen-bond donors (Lipinski definition) is 2. The number of benzene rings is 1. The smallest absolute Gasteiger partial charge is 0.242 e. The molecule has 1 aromatic carbocycles. The standard InChI is InChI=1S/C14H22Cl2N2O2S/c1-10(2)5-4-6-18-21(19,20)14-7-11(9-17-3)12(15)8-13(14)16/h7-8,10,17-18H,4-6,9H2,1-3H3. The van der Waals surface area contributed by atoms with Crippen molar-refractivity contribution in [3.05, 3.63) is 27.7 Å². The summed E-state index contributed by atoms with van der Waals surface area (Å²) in [5.41, 5.74) is 0.700. The van der Waals surface area contributed by atoms with Crippen LogP contribution in [0.4, 0.5) is 0 Å². The molecule has 0 saturated heterocycles. The van der Waals surface area contributed by atoms with Crippen LogP contribution in [0.25, 0.3) is 0 Å². The first kappa shape index (κ1) is 18.7. The van der Waals surface area contributed by atoms with Gasteiger partial charge in [-0.3, -0.25) is 0 Å². The maximum atomic E-state index is 12.3. The number of hydrogen-bond acceptors (Lipinski definition) is 3. The van der Waals surface area contributed by atoms with Crippen LogP contribution in [0.3, 0.4) is 0 Å². The van der Waals surface area contributed by atoms with Gasteiger partial charge in [-0.15, -0.1) is 0 Å². The van der Waals surface area contributed by atoms with Crippen molar-refractivity contribution >= 4 is 33.2 Å². The molecule has 0 spiro atoms. The maximum Gasteiger partial charge on any atom is 0.242 e. The Bertz CT molecular complexity index is 575. The van der Waals surface area contributed by atoms with Gasteiger partial charge in [0, 0.05) is 18.1 Å².